The molecule has 0 heterocycles. The first-order chi connectivity index (χ1) is 8.41. The fraction of sp³-hybridized carbons (Fsp3) is 0.333. The van der Waals surface area contributed by atoms with Crippen molar-refractivity contribution in [3.05, 3.63) is 35.6 Å². The number of benzene rings is 1. The number of nitrogens with zero attached hydrogens (tertiary/aromatic N) is 1. The number of carbonyl (C=O) groups is 2. The molecule has 0 aromatic heterocycles. The van der Waals surface area contributed by atoms with Crippen LogP contribution in [0.15, 0.2) is 24.3 Å². The molecule has 0 radical (unpaired) electrons. The van der Waals surface area contributed by atoms with Crippen molar-refractivity contribution in [2.45, 2.75) is 12.5 Å². The molecule has 0 saturated heterocycles. The molecule has 6 heteroatoms. The highest BCUT2D eigenvalue weighted by Gasteiger charge is 2.24. The summed E-state index contributed by atoms with van der Waals surface area (Å²) in [6.07, 6.45) is 0.437. The van der Waals surface area contributed by atoms with Crippen LogP contribution in [0.3, 0.4) is 0 Å². The molecule has 1 amide bonds. The van der Waals surface area contributed by atoms with E-state index in [1.807, 2.05) is 0 Å². The minimum atomic E-state index is -1.55. The number of carboxylic acids is 1. The molecule has 1 aromatic carbocycles. The molecule has 0 spiro atoms. The Morgan fingerprint density at radius 2 is 2.17 bits per heavy atom. The second kappa shape index (κ2) is 6.11. The van der Waals surface area contributed by atoms with Gasteiger partial charge in [0, 0.05) is 13.6 Å². The van der Waals surface area contributed by atoms with Crippen molar-refractivity contribution >= 4 is 11.9 Å². The number of amides is 1. The van der Waals surface area contributed by atoms with E-state index in [0.29, 0.717) is 6.42 Å². The maximum absolute atomic E-state index is 12.9. The number of carbonyl (C=O) groups excluding carboxylic acids is 1. The standard InChI is InChI=1S/C12H15FN2O3/c1-15(11(16)10(14)12(17)18)6-5-8-3-2-4-9(13)7-8/h2-4,7,10H,5-6,14H2,1H3,(H,17,18). The van der Waals surface area contributed by atoms with Crippen LogP contribution in [0.4, 0.5) is 4.39 Å². The Bertz CT molecular complexity index is 451. The van der Waals surface area contributed by atoms with Crippen LogP contribution in [-0.2, 0) is 16.0 Å². The molecule has 0 saturated carbocycles. The van der Waals surface area contributed by atoms with Gasteiger partial charge in [0.05, 0.1) is 0 Å². The van der Waals surface area contributed by atoms with E-state index in [4.69, 9.17) is 10.8 Å². The van der Waals surface area contributed by atoms with Crippen molar-refractivity contribution in [2.24, 2.45) is 5.73 Å². The summed E-state index contributed by atoms with van der Waals surface area (Å²) < 4.78 is 12.9. The molecular formula is C12H15FN2O3. The van der Waals surface area contributed by atoms with E-state index in [2.05, 4.69) is 0 Å². The van der Waals surface area contributed by atoms with Crippen LogP contribution < -0.4 is 5.73 Å². The van der Waals surface area contributed by atoms with Gasteiger partial charge in [-0.3, -0.25) is 4.79 Å². The molecule has 5 nitrogen and oxygen atoms in total. The Morgan fingerprint density at radius 3 is 2.72 bits per heavy atom. The molecular weight excluding hydrogens is 239 g/mol. The van der Waals surface area contributed by atoms with Gasteiger partial charge in [0.25, 0.3) is 5.91 Å². The topological polar surface area (TPSA) is 83.6 Å². The molecule has 18 heavy (non-hydrogen) atoms. The van der Waals surface area contributed by atoms with Crippen LogP contribution in [0, 0.1) is 5.82 Å². The summed E-state index contributed by atoms with van der Waals surface area (Å²) in [7, 11) is 1.46. The minimum Gasteiger partial charge on any atom is -0.480 e. The molecule has 0 bridgehead atoms. The van der Waals surface area contributed by atoms with E-state index in [-0.39, 0.29) is 12.4 Å². The summed E-state index contributed by atoms with van der Waals surface area (Å²) in [5, 5.41) is 8.60. The van der Waals surface area contributed by atoms with E-state index in [1.165, 1.54) is 24.1 Å². The molecule has 0 fully saturated rings. The molecule has 1 aromatic rings. The van der Waals surface area contributed by atoms with Crippen molar-refractivity contribution in [3.8, 4) is 0 Å². The molecule has 0 aliphatic rings. The minimum absolute atomic E-state index is 0.281. The maximum atomic E-state index is 12.9. The second-order valence-corrected chi connectivity index (χ2v) is 3.96. The largest absolute Gasteiger partial charge is 0.480 e. The van der Waals surface area contributed by atoms with Gasteiger partial charge >= 0.3 is 5.97 Å². The average Bonchev–Trinajstić information content (AvgIpc) is 2.34. The SMILES string of the molecule is CN(CCc1cccc(F)c1)C(=O)C(N)C(=O)O. The smallest absolute Gasteiger partial charge is 0.330 e. The third-order valence-electron chi connectivity index (χ3n) is 2.53. The van der Waals surface area contributed by atoms with Crippen molar-refractivity contribution in [1.82, 2.24) is 4.90 Å². The number of rotatable bonds is 5. The summed E-state index contributed by atoms with van der Waals surface area (Å²) >= 11 is 0. The van der Waals surface area contributed by atoms with Crippen LogP contribution in [0.25, 0.3) is 0 Å². The zero-order valence-corrected chi connectivity index (χ0v) is 9.97. The normalized spacial score (nSPS) is 11.9. The maximum Gasteiger partial charge on any atom is 0.330 e. The molecule has 98 valence electrons. The lowest BCUT2D eigenvalue weighted by Gasteiger charge is -2.19. The van der Waals surface area contributed by atoms with E-state index < -0.39 is 17.9 Å². The zero-order valence-electron chi connectivity index (χ0n) is 9.97. The summed E-state index contributed by atoms with van der Waals surface area (Å²) in [4.78, 5) is 23.3. The quantitative estimate of drug-likeness (QED) is 0.737. The Morgan fingerprint density at radius 1 is 1.50 bits per heavy atom. The Hall–Kier alpha value is -1.95. The van der Waals surface area contributed by atoms with Gasteiger partial charge in [-0.2, -0.15) is 0 Å². The Kier molecular flexibility index (Phi) is 4.79. The number of hydrogen-bond donors (Lipinski definition) is 2. The van der Waals surface area contributed by atoms with Crippen molar-refractivity contribution in [1.29, 1.82) is 0 Å². The summed E-state index contributed by atoms with van der Waals surface area (Å²) in [6.45, 7) is 0.281. The first-order valence-electron chi connectivity index (χ1n) is 5.39. The first kappa shape index (κ1) is 14.1. The van der Waals surface area contributed by atoms with Crippen LogP contribution in [-0.4, -0.2) is 41.5 Å². The predicted molar refractivity (Wildman–Crippen MR) is 63.4 cm³/mol. The van der Waals surface area contributed by atoms with Crippen molar-refractivity contribution in [2.75, 3.05) is 13.6 Å². The van der Waals surface area contributed by atoms with Crippen LogP contribution in [0.1, 0.15) is 5.56 Å². The van der Waals surface area contributed by atoms with Gasteiger partial charge in [0.15, 0.2) is 6.04 Å². The Balaban J connectivity index is 2.53. The molecule has 1 unspecified atom stereocenters. The van der Waals surface area contributed by atoms with E-state index in [0.717, 1.165) is 5.56 Å². The number of nitrogens with two attached hydrogens (primary N) is 1. The molecule has 1 atom stereocenters. The van der Waals surface area contributed by atoms with Gasteiger partial charge in [0.2, 0.25) is 0 Å². The lowest BCUT2D eigenvalue weighted by atomic mass is 10.1. The first-order valence-corrected chi connectivity index (χ1v) is 5.39. The third-order valence-corrected chi connectivity index (χ3v) is 2.53. The highest BCUT2D eigenvalue weighted by molar-refractivity contribution is 6.00. The molecule has 1 rings (SSSR count). The summed E-state index contributed by atoms with van der Waals surface area (Å²) in [5.41, 5.74) is 5.94. The summed E-state index contributed by atoms with van der Waals surface area (Å²) in [6, 6.07) is 4.46. The van der Waals surface area contributed by atoms with Crippen LogP contribution in [0.5, 0.6) is 0 Å². The van der Waals surface area contributed by atoms with E-state index >= 15 is 0 Å². The number of likely N-dealkylation sites (N-methyl/N-ethyl adjacent to an activating group) is 1. The van der Waals surface area contributed by atoms with Gasteiger partial charge in [-0.1, -0.05) is 12.1 Å². The van der Waals surface area contributed by atoms with E-state index in [1.54, 1.807) is 12.1 Å². The lowest BCUT2D eigenvalue weighted by molar-refractivity contribution is -0.145. The van der Waals surface area contributed by atoms with E-state index in [9.17, 15) is 14.0 Å². The van der Waals surface area contributed by atoms with Gasteiger partial charge in [-0.15, -0.1) is 0 Å². The predicted octanol–water partition coefficient (Wildman–Crippen LogP) is 0.239. The highest BCUT2D eigenvalue weighted by atomic mass is 19.1. The van der Waals surface area contributed by atoms with Crippen molar-refractivity contribution in [3.63, 3.8) is 0 Å². The van der Waals surface area contributed by atoms with Gasteiger partial charge in [-0.05, 0) is 24.1 Å². The fourth-order valence-electron chi connectivity index (χ4n) is 1.44. The average molecular weight is 254 g/mol. The van der Waals surface area contributed by atoms with Crippen LogP contribution in [0.2, 0.25) is 0 Å². The number of carboxylic acid groups (broad SMARTS) is 1. The van der Waals surface area contributed by atoms with Crippen molar-refractivity contribution < 1.29 is 19.1 Å². The second-order valence-electron chi connectivity index (χ2n) is 3.96. The third kappa shape index (κ3) is 3.81. The highest BCUT2D eigenvalue weighted by Crippen LogP contribution is 2.05. The summed E-state index contributed by atoms with van der Waals surface area (Å²) in [5.74, 6) is -2.37. The Labute approximate surface area is 104 Å². The van der Waals surface area contributed by atoms with Gasteiger partial charge in [0.1, 0.15) is 5.82 Å². The van der Waals surface area contributed by atoms with Gasteiger partial charge < -0.3 is 15.7 Å². The number of halogens is 1. The lowest BCUT2D eigenvalue weighted by Crippen LogP contribution is -2.47. The zero-order chi connectivity index (χ0) is 13.7. The molecule has 0 aliphatic heterocycles. The molecule has 3 N–H and O–H groups in total. The molecule has 0 aliphatic carbocycles. The fourth-order valence-corrected chi connectivity index (χ4v) is 1.44. The monoisotopic (exact) mass is 254 g/mol. The van der Waals surface area contributed by atoms with Crippen LogP contribution >= 0.6 is 0 Å². The number of aliphatic carboxylic acids is 1. The number of hydrogen-bond acceptors (Lipinski definition) is 3. The van der Waals surface area contributed by atoms with Gasteiger partial charge in [-0.25, -0.2) is 9.18 Å².